The fraction of sp³-hybridized carbons (Fsp3) is 0.360. The van der Waals surface area contributed by atoms with E-state index in [9.17, 15) is 18.0 Å². The van der Waals surface area contributed by atoms with Gasteiger partial charge in [0.25, 0.3) is 10.0 Å². The number of rotatable bonds is 5. The lowest BCUT2D eigenvalue weighted by Gasteiger charge is -2.38. The summed E-state index contributed by atoms with van der Waals surface area (Å²) in [6.07, 6.45) is 6.00. The standard InChI is InChI=1S/C25H26N2O4S/c1-3-26(19-7-5-4-6-8-19)32(30,31)21-15-20(14-9-16(21)2)27-24(28)22-17-10-11-18(13-12-17)23(22)25(27)29/h4-11,14-15,17-18,22-23H,3,12-13H2,1-2H3. The number of imide groups is 1. The minimum Gasteiger partial charge on any atom is -0.274 e. The van der Waals surface area contributed by atoms with Crippen LogP contribution in [0.5, 0.6) is 0 Å². The van der Waals surface area contributed by atoms with Crippen molar-refractivity contribution in [2.75, 3.05) is 15.7 Å². The molecule has 166 valence electrons. The fourth-order valence-corrected chi connectivity index (χ4v) is 7.26. The molecule has 6 rings (SSSR count). The first kappa shape index (κ1) is 20.9. The average Bonchev–Trinajstić information content (AvgIpc) is 3.08. The lowest BCUT2D eigenvalue weighted by Crippen LogP contribution is -2.38. The predicted molar refractivity (Wildman–Crippen MR) is 123 cm³/mol. The highest BCUT2D eigenvalue weighted by Crippen LogP contribution is 2.50. The van der Waals surface area contributed by atoms with Crippen LogP contribution in [-0.4, -0.2) is 26.8 Å². The van der Waals surface area contributed by atoms with Crippen molar-refractivity contribution >= 4 is 33.2 Å². The first-order valence-electron chi connectivity index (χ1n) is 11.1. The molecule has 2 amide bonds. The summed E-state index contributed by atoms with van der Waals surface area (Å²) in [5.41, 5.74) is 1.48. The van der Waals surface area contributed by atoms with Gasteiger partial charge >= 0.3 is 0 Å². The Bertz CT molecular complexity index is 1190. The van der Waals surface area contributed by atoms with E-state index in [1.165, 1.54) is 15.3 Å². The third kappa shape index (κ3) is 3.02. The first-order valence-corrected chi connectivity index (χ1v) is 12.5. The molecule has 0 N–H and O–H groups in total. The van der Waals surface area contributed by atoms with Gasteiger partial charge in [0.1, 0.15) is 0 Å². The number of para-hydroxylation sites is 1. The van der Waals surface area contributed by atoms with Gasteiger partial charge in [-0.15, -0.1) is 0 Å². The van der Waals surface area contributed by atoms with Crippen LogP contribution in [0.25, 0.3) is 0 Å². The minimum atomic E-state index is -3.89. The molecule has 3 aliphatic carbocycles. The summed E-state index contributed by atoms with van der Waals surface area (Å²) in [5, 5.41) is 0. The molecule has 1 heterocycles. The van der Waals surface area contributed by atoms with Crippen molar-refractivity contribution in [1.82, 2.24) is 0 Å². The molecular weight excluding hydrogens is 424 g/mol. The molecule has 0 spiro atoms. The number of amides is 2. The number of hydrogen-bond donors (Lipinski definition) is 0. The molecule has 7 heteroatoms. The molecule has 2 fully saturated rings. The van der Waals surface area contributed by atoms with E-state index < -0.39 is 10.0 Å². The number of carbonyl (C=O) groups is 2. The van der Waals surface area contributed by atoms with Crippen molar-refractivity contribution in [2.45, 2.75) is 31.6 Å². The van der Waals surface area contributed by atoms with Crippen molar-refractivity contribution in [3.8, 4) is 0 Å². The van der Waals surface area contributed by atoms with Gasteiger partial charge in [-0.2, -0.15) is 0 Å². The number of hydrogen-bond acceptors (Lipinski definition) is 4. The molecule has 32 heavy (non-hydrogen) atoms. The number of allylic oxidation sites excluding steroid dienone is 2. The summed E-state index contributed by atoms with van der Waals surface area (Å²) in [7, 11) is -3.89. The molecule has 0 radical (unpaired) electrons. The third-order valence-electron chi connectivity index (χ3n) is 7.09. The molecule has 2 aromatic rings. The Balaban J connectivity index is 1.55. The lowest BCUT2D eigenvalue weighted by molar-refractivity contribution is -0.124. The van der Waals surface area contributed by atoms with Crippen LogP contribution in [0.1, 0.15) is 25.3 Å². The second-order valence-corrected chi connectivity index (χ2v) is 10.6. The monoisotopic (exact) mass is 450 g/mol. The molecule has 2 aromatic carbocycles. The summed E-state index contributed by atoms with van der Waals surface area (Å²) < 4.78 is 28.6. The number of sulfonamides is 1. The van der Waals surface area contributed by atoms with Crippen LogP contribution in [0.4, 0.5) is 11.4 Å². The summed E-state index contributed by atoms with van der Waals surface area (Å²) in [6, 6.07) is 13.8. The van der Waals surface area contributed by atoms with Crippen molar-refractivity contribution in [3.63, 3.8) is 0 Å². The van der Waals surface area contributed by atoms with Crippen LogP contribution < -0.4 is 9.21 Å². The van der Waals surface area contributed by atoms with E-state index >= 15 is 0 Å². The molecular formula is C25H26N2O4S. The average molecular weight is 451 g/mol. The van der Waals surface area contributed by atoms with Crippen LogP contribution in [0.3, 0.4) is 0 Å². The van der Waals surface area contributed by atoms with Crippen LogP contribution in [-0.2, 0) is 19.6 Å². The molecule has 0 aromatic heterocycles. The summed E-state index contributed by atoms with van der Waals surface area (Å²) in [4.78, 5) is 28.0. The van der Waals surface area contributed by atoms with Gasteiger partial charge in [-0.05, 0) is 68.4 Å². The number of benzene rings is 2. The molecule has 1 saturated carbocycles. The highest BCUT2D eigenvalue weighted by Gasteiger charge is 2.57. The van der Waals surface area contributed by atoms with E-state index in [1.807, 2.05) is 6.07 Å². The topological polar surface area (TPSA) is 74.8 Å². The Labute approximate surface area is 188 Å². The van der Waals surface area contributed by atoms with E-state index in [0.29, 0.717) is 16.9 Å². The highest BCUT2D eigenvalue weighted by molar-refractivity contribution is 7.92. The summed E-state index contributed by atoms with van der Waals surface area (Å²) in [6.45, 7) is 3.77. The zero-order chi connectivity index (χ0) is 22.6. The van der Waals surface area contributed by atoms with Gasteiger partial charge in [0.05, 0.1) is 28.1 Å². The Kier molecular flexibility index (Phi) is 4.97. The van der Waals surface area contributed by atoms with Gasteiger partial charge in [0.15, 0.2) is 0 Å². The third-order valence-corrected chi connectivity index (χ3v) is 9.13. The number of fused-ring (bicyclic) bond motifs is 1. The molecule has 1 saturated heterocycles. The van der Waals surface area contributed by atoms with Gasteiger partial charge < -0.3 is 0 Å². The van der Waals surface area contributed by atoms with E-state index in [0.717, 1.165) is 12.8 Å². The molecule has 4 unspecified atom stereocenters. The zero-order valence-electron chi connectivity index (χ0n) is 18.1. The first-order chi connectivity index (χ1) is 15.3. The van der Waals surface area contributed by atoms with Crippen LogP contribution >= 0.6 is 0 Å². The van der Waals surface area contributed by atoms with Crippen molar-refractivity contribution in [2.24, 2.45) is 23.7 Å². The molecule has 6 nitrogen and oxygen atoms in total. The predicted octanol–water partition coefficient (Wildman–Crippen LogP) is 3.91. The Morgan fingerprint density at radius 3 is 2.06 bits per heavy atom. The number of anilines is 2. The van der Waals surface area contributed by atoms with E-state index in [2.05, 4.69) is 12.2 Å². The SMILES string of the molecule is CCN(c1ccccc1)S(=O)(=O)c1cc(N2C(=O)C3C4C=CC(CC4)C3C2=O)ccc1C. The quantitative estimate of drug-likeness (QED) is 0.511. The maximum absolute atomic E-state index is 13.6. The summed E-state index contributed by atoms with van der Waals surface area (Å²) >= 11 is 0. The molecule has 2 bridgehead atoms. The Morgan fingerprint density at radius 2 is 1.53 bits per heavy atom. The zero-order valence-corrected chi connectivity index (χ0v) is 19.0. The summed E-state index contributed by atoms with van der Waals surface area (Å²) in [5.74, 6) is -0.890. The van der Waals surface area contributed by atoms with Gasteiger partial charge in [-0.1, -0.05) is 36.4 Å². The van der Waals surface area contributed by atoms with Crippen molar-refractivity contribution < 1.29 is 18.0 Å². The normalized spacial score (nSPS) is 26.5. The van der Waals surface area contributed by atoms with Gasteiger partial charge in [0, 0.05) is 6.54 Å². The highest BCUT2D eigenvalue weighted by atomic mass is 32.2. The molecule has 4 aliphatic rings. The van der Waals surface area contributed by atoms with Gasteiger partial charge in [-0.3, -0.25) is 13.9 Å². The smallest absolute Gasteiger partial charge is 0.264 e. The van der Waals surface area contributed by atoms with Crippen LogP contribution in [0.2, 0.25) is 0 Å². The fourth-order valence-electron chi connectivity index (χ4n) is 5.54. The lowest BCUT2D eigenvalue weighted by atomic mass is 9.63. The second kappa shape index (κ2) is 7.59. The number of aryl methyl sites for hydroxylation is 1. The van der Waals surface area contributed by atoms with E-state index in [1.54, 1.807) is 50.2 Å². The Hall–Kier alpha value is -2.93. The van der Waals surface area contributed by atoms with E-state index in [-0.39, 0.29) is 46.9 Å². The van der Waals surface area contributed by atoms with Gasteiger partial charge in [-0.25, -0.2) is 13.3 Å². The van der Waals surface area contributed by atoms with Crippen molar-refractivity contribution in [3.05, 3.63) is 66.2 Å². The van der Waals surface area contributed by atoms with Crippen LogP contribution in [0, 0.1) is 30.6 Å². The Morgan fingerprint density at radius 1 is 0.938 bits per heavy atom. The van der Waals surface area contributed by atoms with Crippen LogP contribution in [0.15, 0.2) is 65.6 Å². The molecule has 4 atom stereocenters. The minimum absolute atomic E-state index is 0.0914. The van der Waals surface area contributed by atoms with Crippen molar-refractivity contribution in [1.29, 1.82) is 0 Å². The second-order valence-electron chi connectivity index (χ2n) is 8.81. The van der Waals surface area contributed by atoms with E-state index in [4.69, 9.17) is 0 Å². The number of carbonyl (C=O) groups excluding carboxylic acids is 2. The maximum Gasteiger partial charge on any atom is 0.264 e. The maximum atomic E-state index is 13.6. The molecule has 1 aliphatic heterocycles. The number of nitrogens with zero attached hydrogens (tertiary/aromatic N) is 2. The van der Waals surface area contributed by atoms with Gasteiger partial charge in [0.2, 0.25) is 11.8 Å². The largest absolute Gasteiger partial charge is 0.274 e.